The highest BCUT2D eigenvalue weighted by Gasteiger charge is 2.29. The maximum Gasteiger partial charge on any atom is 0.225 e. The third-order valence-corrected chi connectivity index (χ3v) is 3.73. The van der Waals surface area contributed by atoms with Crippen LogP contribution in [-0.4, -0.2) is 54.3 Å². The number of piperazine rings is 1. The van der Waals surface area contributed by atoms with E-state index in [1.54, 1.807) is 19.5 Å². The number of nitrogens with zero attached hydrogens (tertiary/aromatic N) is 5. The van der Waals surface area contributed by atoms with Gasteiger partial charge in [-0.25, -0.2) is 15.0 Å². The van der Waals surface area contributed by atoms with Gasteiger partial charge in [-0.2, -0.15) is 0 Å². The first-order valence-electron chi connectivity index (χ1n) is 7.27. The van der Waals surface area contributed by atoms with Crippen LogP contribution in [0.25, 0.3) is 0 Å². The number of rotatable bonds is 4. The summed E-state index contributed by atoms with van der Waals surface area (Å²) in [7, 11) is 1.71. The van der Waals surface area contributed by atoms with Gasteiger partial charge in [0.15, 0.2) is 0 Å². The third-order valence-electron chi connectivity index (χ3n) is 3.73. The number of hydrogen-bond acceptors (Lipinski definition) is 7. The first-order valence-corrected chi connectivity index (χ1v) is 7.27. The van der Waals surface area contributed by atoms with E-state index in [1.807, 2.05) is 24.4 Å². The highest BCUT2D eigenvalue weighted by atomic mass is 16.5. The zero-order valence-electron chi connectivity index (χ0n) is 12.6. The molecule has 2 N–H and O–H groups in total. The standard InChI is InChI=1S/C15H20N6O/c1-22-11-13-10-20(14-4-2-3-5-17-14)6-7-21(13)15-18-8-12(16)9-19-15/h2-5,8-9,13H,6-7,10-11,16H2,1H3/t13-/m1/s1. The molecular formula is C15H20N6O. The van der Waals surface area contributed by atoms with Gasteiger partial charge < -0.3 is 20.3 Å². The van der Waals surface area contributed by atoms with Crippen molar-refractivity contribution < 1.29 is 4.74 Å². The molecule has 1 fully saturated rings. The molecule has 0 radical (unpaired) electrons. The Morgan fingerprint density at radius 1 is 1.23 bits per heavy atom. The van der Waals surface area contributed by atoms with E-state index in [0.29, 0.717) is 18.2 Å². The summed E-state index contributed by atoms with van der Waals surface area (Å²) < 4.78 is 5.37. The summed E-state index contributed by atoms with van der Waals surface area (Å²) in [4.78, 5) is 17.5. The molecule has 1 atom stereocenters. The van der Waals surface area contributed by atoms with E-state index in [9.17, 15) is 0 Å². The molecule has 0 aliphatic carbocycles. The topological polar surface area (TPSA) is 80.4 Å². The minimum Gasteiger partial charge on any atom is -0.396 e. The van der Waals surface area contributed by atoms with Crippen molar-refractivity contribution in [3.05, 3.63) is 36.8 Å². The molecule has 0 aromatic carbocycles. The molecule has 3 heterocycles. The highest BCUT2D eigenvalue weighted by Crippen LogP contribution is 2.20. The van der Waals surface area contributed by atoms with Gasteiger partial charge in [-0.05, 0) is 12.1 Å². The fraction of sp³-hybridized carbons (Fsp3) is 0.400. The average molecular weight is 300 g/mol. The van der Waals surface area contributed by atoms with Gasteiger partial charge in [0.2, 0.25) is 5.95 Å². The molecule has 7 nitrogen and oxygen atoms in total. The van der Waals surface area contributed by atoms with Gasteiger partial charge in [-0.3, -0.25) is 0 Å². The fourth-order valence-corrected chi connectivity index (χ4v) is 2.68. The van der Waals surface area contributed by atoms with Crippen molar-refractivity contribution in [1.82, 2.24) is 15.0 Å². The number of ether oxygens (including phenoxy) is 1. The van der Waals surface area contributed by atoms with Gasteiger partial charge in [0.1, 0.15) is 5.82 Å². The number of pyridine rings is 1. The maximum absolute atomic E-state index is 5.66. The Balaban J connectivity index is 1.78. The van der Waals surface area contributed by atoms with Crippen LogP contribution in [0.2, 0.25) is 0 Å². The van der Waals surface area contributed by atoms with E-state index in [4.69, 9.17) is 10.5 Å². The van der Waals surface area contributed by atoms with Crippen molar-refractivity contribution in [1.29, 1.82) is 0 Å². The summed E-state index contributed by atoms with van der Waals surface area (Å²) >= 11 is 0. The van der Waals surface area contributed by atoms with Gasteiger partial charge in [-0.1, -0.05) is 6.07 Å². The first-order chi connectivity index (χ1) is 10.8. The van der Waals surface area contributed by atoms with Crippen LogP contribution in [0, 0.1) is 0 Å². The number of anilines is 3. The molecule has 0 saturated carbocycles. The molecular weight excluding hydrogens is 280 g/mol. The SMILES string of the molecule is COC[C@H]1CN(c2ccccn2)CCN1c1ncc(N)cn1. The summed E-state index contributed by atoms with van der Waals surface area (Å²) in [6.07, 6.45) is 5.09. The number of methoxy groups -OCH3 is 1. The summed E-state index contributed by atoms with van der Waals surface area (Å²) in [5.41, 5.74) is 6.23. The number of aromatic nitrogens is 3. The molecule has 0 spiro atoms. The van der Waals surface area contributed by atoms with Crippen LogP contribution in [0.5, 0.6) is 0 Å². The van der Waals surface area contributed by atoms with Crippen LogP contribution < -0.4 is 15.5 Å². The fourth-order valence-electron chi connectivity index (χ4n) is 2.68. The smallest absolute Gasteiger partial charge is 0.225 e. The van der Waals surface area contributed by atoms with Crippen molar-refractivity contribution in [2.75, 3.05) is 48.9 Å². The Morgan fingerprint density at radius 3 is 2.73 bits per heavy atom. The average Bonchev–Trinajstić information content (AvgIpc) is 2.57. The van der Waals surface area contributed by atoms with Crippen LogP contribution in [-0.2, 0) is 4.74 Å². The molecule has 2 aromatic rings. The Morgan fingerprint density at radius 2 is 2.05 bits per heavy atom. The zero-order chi connectivity index (χ0) is 15.4. The number of nitrogens with two attached hydrogens (primary N) is 1. The lowest BCUT2D eigenvalue weighted by Crippen LogP contribution is -2.56. The molecule has 0 amide bonds. The van der Waals surface area contributed by atoms with Crippen LogP contribution in [0.4, 0.5) is 17.5 Å². The third kappa shape index (κ3) is 3.09. The Hall–Kier alpha value is -2.41. The predicted octanol–water partition coefficient (Wildman–Crippen LogP) is 0.795. The lowest BCUT2D eigenvalue weighted by atomic mass is 10.2. The van der Waals surface area contributed by atoms with Crippen molar-refractivity contribution in [3.8, 4) is 0 Å². The quantitative estimate of drug-likeness (QED) is 0.894. The van der Waals surface area contributed by atoms with E-state index in [0.717, 1.165) is 25.5 Å². The molecule has 0 unspecified atom stereocenters. The zero-order valence-corrected chi connectivity index (χ0v) is 12.6. The molecule has 7 heteroatoms. The van der Waals surface area contributed by atoms with Gasteiger partial charge in [-0.15, -0.1) is 0 Å². The minimum atomic E-state index is 0.171. The normalized spacial score (nSPS) is 18.5. The van der Waals surface area contributed by atoms with Crippen molar-refractivity contribution in [3.63, 3.8) is 0 Å². The van der Waals surface area contributed by atoms with E-state index < -0.39 is 0 Å². The van der Waals surface area contributed by atoms with Gasteiger partial charge in [0, 0.05) is 32.9 Å². The molecule has 116 valence electrons. The van der Waals surface area contributed by atoms with Crippen LogP contribution in [0.15, 0.2) is 36.8 Å². The highest BCUT2D eigenvalue weighted by molar-refractivity contribution is 5.44. The summed E-state index contributed by atoms with van der Waals surface area (Å²) in [5.74, 6) is 1.68. The first kappa shape index (κ1) is 14.5. The minimum absolute atomic E-state index is 0.171. The summed E-state index contributed by atoms with van der Waals surface area (Å²) in [5, 5.41) is 0. The van der Waals surface area contributed by atoms with E-state index in [2.05, 4.69) is 24.8 Å². The number of hydrogen-bond donors (Lipinski definition) is 1. The largest absolute Gasteiger partial charge is 0.396 e. The predicted molar refractivity (Wildman–Crippen MR) is 85.9 cm³/mol. The van der Waals surface area contributed by atoms with Gasteiger partial charge in [0.05, 0.1) is 30.7 Å². The molecule has 2 aromatic heterocycles. The monoisotopic (exact) mass is 300 g/mol. The second-order valence-electron chi connectivity index (χ2n) is 5.25. The van der Waals surface area contributed by atoms with Crippen molar-refractivity contribution in [2.24, 2.45) is 0 Å². The maximum atomic E-state index is 5.66. The summed E-state index contributed by atoms with van der Waals surface area (Å²) in [6.45, 7) is 3.11. The second kappa shape index (κ2) is 6.57. The van der Waals surface area contributed by atoms with Crippen LogP contribution >= 0.6 is 0 Å². The lowest BCUT2D eigenvalue weighted by molar-refractivity contribution is 0.173. The van der Waals surface area contributed by atoms with Crippen LogP contribution in [0.3, 0.4) is 0 Å². The van der Waals surface area contributed by atoms with Crippen molar-refractivity contribution in [2.45, 2.75) is 6.04 Å². The second-order valence-corrected chi connectivity index (χ2v) is 5.25. The van der Waals surface area contributed by atoms with Gasteiger partial charge >= 0.3 is 0 Å². The Kier molecular flexibility index (Phi) is 4.34. The van der Waals surface area contributed by atoms with E-state index in [-0.39, 0.29) is 6.04 Å². The molecule has 0 bridgehead atoms. The molecule has 1 saturated heterocycles. The molecule has 3 rings (SSSR count). The molecule has 1 aliphatic heterocycles. The van der Waals surface area contributed by atoms with Crippen molar-refractivity contribution >= 4 is 17.5 Å². The lowest BCUT2D eigenvalue weighted by Gasteiger charge is -2.41. The molecule has 1 aliphatic rings. The van der Waals surface area contributed by atoms with E-state index in [1.165, 1.54) is 0 Å². The van der Waals surface area contributed by atoms with E-state index >= 15 is 0 Å². The Bertz CT molecular complexity index is 591. The van der Waals surface area contributed by atoms with Crippen LogP contribution in [0.1, 0.15) is 0 Å². The summed E-state index contributed by atoms with van der Waals surface area (Å²) in [6, 6.07) is 6.13. The molecule has 22 heavy (non-hydrogen) atoms. The number of nitrogen functional groups attached to an aromatic ring is 1. The Labute approximate surface area is 129 Å². The van der Waals surface area contributed by atoms with Gasteiger partial charge in [0.25, 0.3) is 0 Å².